The van der Waals surface area contributed by atoms with E-state index in [0.717, 1.165) is 11.3 Å². The van der Waals surface area contributed by atoms with E-state index in [-0.39, 0.29) is 26.4 Å². The van der Waals surface area contributed by atoms with Crippen LogP contribution in [-0.4, -0.2) is 26.4 Å². The predicted octanol–water partition coefficient (Wildman–Crippen LogP) is 3.53. The lowest BCUT2D eigenvalue weighted by Crippen LogP contribution is -2.09. The molecule has 122 valence electrons. The third-order valence-electron chi connectivity index (χ3n) is 2.31. The molecule has 0 unspecified atom stereocenters. The van der Waals surface area contributed by atoms with Gasteiger partial charge in [-0.05, 0) is 39.8 Å². The highest BCUT2D eigenvalue weighted by molar-refractivity contribution is 7.75. The van der Waals surface area contributed by atoms with Gasteiger partial charge in [0.2, 0.25) is 0 Å². The van der Waals surface area contributed by atoms with Gasteiger partial charge in [0.25, 0.3) is 0 Å². The first kappa shape index (κ1) is 19.0. The molecule has 21 heavy (non-hydrogen) atoms. The van der Waals surface area contributed by atoms with Crippen LogP contribution in [0.3, 0.4) is 0 Å². The SMILES string of the molecule is CCOP(=O)(OCC)c1ccc(P(=O)(OCC)OCC)s1. The molecule has 1 rings (SSSR count). The summed E-state index contributed by atoms with van der Waals surface area (Å²) >= 11 is 1.08. The minimum atomic E-state index is -3.37. The molecule has 0 aliphatic heterocycles. The van der Waals surface area contributed by atoms with Gasteiger partial charge in [0.15, 0.2) is 0 Å². The molecule has 1 heterocycles. The summed E-state index contributed by atoms with van der Waals surface area (Å²) in [5.74, 6) is 0. The van der Waals surface area contributed by atoms with Crippen molar-refractivity contribution in [3.63, 3.8) is 0 Å². The molecule has 0 saturated heterocycles. The van der Waals surface area contributed by atoms with E-state index in [1.165, 1.54) is 0 Å². The van der Waals surface area contributed by atoms with Gasteiger partial charge in [0.1, 0.15) is 9.24 Å². The molecule has 6 nitrogen and oxygen atoms in total. The fourth-order valence-electron chi connectivity index (χ4n) is 1.62. The third-order valence-corrected chi connectivity index (χ3v) is 8.66. The van der Waals surface area contributed by atoms with Crippen molar-refractivity contribution >= 4 is 35.8 Å². The Kier molecular flexibility index (Phi) is 7.79. The van der Waals surface area contributed by atoms with E-state index < -0.39 is 15.2 Å². The van der Waals surface area contributed by atoms with Crippen molar-refractivity contribution in [2.75, 3.05) is 26.4 Å². The van der Waals surface area contributed by atoms with E-state index in [0.29, 0.717) is 9.24 Å². The second-order valence-electron chi connectivity index (χ2n) is 3.78. The van der Waals surface area contributed by atoms with Crippen molar-refractivity contribution in [1.29, 1.82) is 0 Å². The lowest BCUT2D eigenvalue weighted by Gasteiger charge is -2.16. The van der Waals surface area contributed by atoms with Crippen molar-refractivity contribution in [2.45, 2.75) is 27.7 Å². The van der Waals surface area contributed by atoms with Crippen LogP contribution in [0.4, 0.5) is 0 Å². The minimum absolute atomic E-state index is 0.263. The van der Waals surface area contributed by atoms with Crippen molar-refractivity contribution in [1.82, 2.24) is 0 Å². The first-order valence-corrected chi connectivity index (χ1v) is 10.7. The van der Waals surface area contributed by atoms with Gasteiger partial charge in [-0.1, -0.05) is 0 Å². The van der Waals surface area contributed by atoms with Crippen LogP contribution in [0.25, 0.3) is 0 Å². The maximum Gasteiger partial charge on any atom is 0.371 e. The lowest BCUT2D eigenvalue weighted by atomic mass is 10.7. The Bertz CT molecular complexity index is 465. The van der Waals surface area contributed by atoms with Gasteiger partial charge in [0.05, 0.1) is 26.4 Å². The summed E-state index contributed by atoms with van der Waals surface area (Å²) in [5, 5.41) is 0. The van der Waals surface area contributed by atoms with Crippen molar-refractivity contribution < 1.29 is 27.2 Å². The number of hydrogen-bond acceptors (Lipinski definition) is 7. The summed E-state index contributed by atoms with van der Waals surface area (Å²) in [4.78, 5) is 0. The van der Waals surface area contributed by atoms with Crippen LogP contribution in [0, 0.1) is 0 Å². The molecule has 0 spiro atoms. The summed E-state index contributed by atoms with van der Waals surface area (Å²) < 4.78 is 47.2. The molecule has 9 heteroatoms. The molecule has 1 aromatic heterocycles. The average molecular weight is 356 g/mol. The maximum atomic E-state index is 12.7. The normalized spacial score (nSPS) is 12.8. The van der Waals surface area contributed by atoms with Crippen molar-refractivity contribution in [3.8, 4) is 0 Å². The summed E-state index contributed by atoms with van der Waals surface area (Å²) in [6.45, 7) is 8.02. The van der Waals surface area contributed by atoms with Gasteiger partial charge in [0, 0.05) is 0 Å². The van der Waals surface area contributed by atoms with Gasteiger partial charge in [-0.25, -0.2) is 0 Å². The summed E-state index contributed by atoms with van der Waals surface area (Å²) in [6, 6.07) is 3.19. The Morgan fingerprint density at radius 1 is 0.762 bits per heavy atom. The number of rotatable bonds is 10. The molecule has 0 N–H and O–H groups in total. The monoisotopic (exact) mass is 356 g/mol. The Labute approximate surface area is 129 Å². The lowest BCUT2D eigenvalue weighted by molar-refractivity contribution is 0.229. The van der Waals surface area contributed by atoms with Crippen LogP contribution in [0.15, 0.2) is 12.1 Å². The Hall–Kier alpha value is -0.0000000000000000278. The largest absolute Gasteiger partial charge is 0.371 e. The van der Waals surface area contributed by atoms with Crippen LogP contribution in [-0.2, 0) is 27.2 Å². The summed E-state index contributed by atoms with van der Waals surface area (Å²) in [5.41, 5.74) is 0. The maximum absolute atomic E-state index is 12.7. The zero-order valence-electron chi connectivity index (χ0n) is 12.7. The molecule has 0 fully saturated rings. The third kappa shape index (κ3) is 4.73. The highest BCUT2D eigenvalue weighted by Gasteiger charge is 2.34. The average Bonchev–Trinajstić information content (AvgIpc) is 2.90. The second kappa shape index (κ2) is 8.59. The van der Waals surface area contributed by atoms with Gasteiger partial charge >= 0.3 is 15.2 Å². The van der Waals surface area contributed by atoms with E-state index in [9.17, 15) is 9.13 Å². The zero-order valence-corrected chi connectivity index (χ0v) is 15.3. The van der Waals surface area contributed by atoms with E-state index >= 15 is 0 Å². The highest BCUT2D eigenvalue weighted by Crippen LogP contribution is 2.52. The van der Waals surface area contributed by atoms with Crippen LogP contribution in [0.5, 0.6) is 0 Å². The van der Waals surface area contributed by atoms with Crippen LogP contribution < -0.4 is 9.24 Å². The van der Waals surface area contributed by atoms with Crippen LogP contribution in [0.2, 0.25) is 0 Å². The molecule has 0 aromatic carbocycles. The molecule has 0 bridgehead atoms. The van der Waals surface area contributed by atoms with Crippen LogP contribution >= 0.6 is 26.5 Å². The molecule has 0 radical (unpaired) electrons. The Balaban J connectivity index is 3.13. The number of thiophene rings is 1. The van der Waals surface area contributed by atoms with Crippen molar-refractivity contribution in [3.05, 3.63) is 12.1 Å². The molecule has 1 aromatic rings. The van der Waals surface area contributed by atoms with Gasteiger partial charge < -0.3 is 18.1 Å². The molecule has 0 saturated carbocycles. The van der Waals surface area contributed by atoms with E-state index in [2.05, 4.69) is 0 Å². The molecule has 0 amide bonds. The smallest absolute Gasteiger partial charge is 0.305 e. The van der Waals surface area contributed by atoms with E-state index in [1.54, 1.807) is 39.8 Å². The topological polar surface area (TPSA) is 71.1 Å². The summed E-state index contributed by atoms with van der Waals surface area (Å²) in [6.07, 6.45) is 0. The van der Waals surface area contributed by atoms with Gasteiger partial charge in [-0.15, -0.1) is 11.3 Å². The quantitative estimate of drug-likeness (QED) is 0.597. The molecule has 0 atom stereocenters. The fraction of sp³-hybridized carbons (Fsp3) is 0.667. The van der Waals surface area contributed by atoms with E-state index in [4.69, 9.17) is 18.1 Å². The minimum Gasteiger partial charge on any atom is -0.305 e. The molecular formula is C12H22O6P2S. The number of hydrogen-bond donors (Lipinski definition) is 0. The van der Waals surface area contributed by atoms with E-state index in [1.807, 2.05) is 0 Å². The zero-order chi connectivity index (χ0) is 15.9. The second-order valence-corrected chi connectivity index (χ2v) is 9.45. The highest BCUT2D eigenvalue weighted by atomic mass is 32.1. The van der Waals surface area contributed by atoms with Crippen LogP contribution in [0.1, 0.15) is 27.7 Å². The first-order chi connectivity index (χ1) is 9.95. The van der Waals surface area contributed by atoms with Gasteiger partial charge in [-0.3, -0.25) is 9.13 Å². The molecule has 0 aliphatic carbocycles. The Morgan fingerprint density at radius 2 is 1.05 bits per heavy atom. The standard InChI is InChI=1S/C12H22O6P2S/c1-5-15-19(13,16-6-2)11-9-10-12(21-11)20(14,17-7-3)18-8-4/h9-10H,5-8H2,1-4H3. The predicted molar refractivity (Wildman–Crippen MR) is 85.3 cm³/mol. The molecule has 0 aliphatic rings. The van der Waals surface area contributed by atoms with Crippen molar-refractivity contribution in [2.24, 2.45) is 0 Å². The molecular weight excluding hydrogens is 334 g/mol. The van der Waals surface area contributed by atoms with Gasteiger partial charge in [-0.2, -0.15) is 0 Å². The Morgan fingerprint density at radius 3 is 1.29 bits per heavy atom. The fourth-order valence-corrected chi connectivity index (χ4v) is 6.97. The first-order valence-electron chi connectivity index (χ1n) is 6.84. The summed E-state index contributed by atoms with van der Waals surface area (Å²) in [7, 11) is -6.74.